The van der Waals surface area contributed by atoms with E-state index >= 15 is 0 Å². The average Bonchev–Trinajstić information content (AvgIpc) is 3.18. The van der Waals surface area contributed by atoms with Gasteiger partial charge in [0.25, 0.3) is 5.91 Å². The summed E-state index contributed by atoms with van der Waals surface area (Å²) in [4.78, 5) is 24.3. The average molecular weight is 470 g/mol. The number of carbonyl (C=O) groups excluding carboxylic acids is 2. The molecule has 0 spiro atoms. The molecule has 174 valence electrons. The topological polar surface area (TPSA) is 121 Å². The molecule has 3 aromatic rings. The molecule has 4 N–H and O–H groups in total. The SMILES string of the molecule is CCOc1ccc(-c2n[nH]c(=S)n2CCC(=O)NCCCNC(=O)c2cccc(O)c2)cc1. The van der Waals surface area contributed by atoms with Crippen molar-refractivity contribution >= 4 is 24.0 Å². The summed E-state index contributed by atoms with van der Waals surface area (Å²) in [6, 6.07) is 13.7. The minimum Gasteiger partial charge on any atom is -0.508 e. The number of rotatable bonds is 11. The first-order chi connectivity index (χ1) is 16.0. The Morgan fingerprint density at radius 2 is 1.91 bits per heavy atom. The summed E-state index contributed by atoms with van der Waals surface area (Å²) in [5.41, 5.74) is 1.26. The first-order valence-electron chi connectivity index (χ1n) is 10.7. The second-order valence-electron chi connectivity index (χ2n) is 7.22. The van der Waals surface area contributed by atoms with Crippen molar-refractivity contribution in [1.82, 2.24) is 25.4 Å². The summed E-state index contributed by atoms with van der Waals surface area (Å²) >= 11 is 5.32. The number of phenols is 1. The van der Waals surface area contributed by atoms with Gasteiger partial charge in [-0.2, -0.15) is 5.10 Å². The van der Waals surface area contributed by atoms with E-state index in [0.717, 1.165) is 11.3 Å². The Labute approximate surface area is 196 Å². The molecule has 0 radical (unpaired) electrons. The molecule has 0 atom stereocenters. The number of hydrogen-bond donors (Lipinski definition) is 4. The zero-order chi connectivity index (χ0) is 23.6. The number of nitrogens with one attached hydrogen (secondary N) is 3. The molecule has 0 fully saturated rings. The number of benzene rings is 2. The Kier molecular flexibility index (Phi) is 8.59. The molecule has 1 heterocycles. The van der Waals surface area contributed by atoms with E-state index in [9.17, 15) is 14.7 Å². The Morgan fingerprint density at radius 3 is 2.64 bits per heavy atom. The van der Waals surface area contributed by atoms with Gasteiger partial charge in [-0.1, -0.05) is 6.07 Å². The summed E-state index contributed by atoms with van der Waals surface area (Å²) < 4.78 is 7.70. The van der Waals surface area contributed by atoms with Crippen LogP contribution in [0.15, 0.2) is 48.5 Å². The lowest BCUT2D eigenvalue weighted by Crippen LogP contribution is -2.30. The minimum atomic E-state index is -0.270. The van der Waals surface area contributed by atoms with Gasteiger partial charge in [0.2, 0.25) is 5.91 Å². The van der Waals surface area contributed by atoms with E-state index in [1.165, 1.54) is 12.1 Å². The minimum absolute atomic E-state index is 0.0401. The third-order valence-corrected chi connectivity index (χ3v) is 5.13. The van der Waals surface area contributed by atoms with Crippen LogP contribution in [0.4, 0.5) is 0 Å². The van der Waals surface area contributed by atoms with Crippen LogP contribution < -0.4 is 15.4 Å². The van der Waals surface area contributed by atoms with E-state index in [4.69, 9.17) is 17.0 Å². The zero-order valence-electron chi connectivity index (χ0n) is 18.3. The summed E-state index contributed by atoms with van der Waals surface area (Å²) in [5.74, 6) is 1.09. The van der Waals surface area contributed by atoms with Gasteiger partial charge >= 0.3 is 0 Å². The number of amides is 2. The van der Waals surface area contributed by atoms with E-state index in [-0.39, 0.29) is 24.0 Å². The molecule has 0 aliphatic rings. The summed E-state index contributed by atoms with van der Waals surface area (Å²) in [7, 11) is 0. The Hall–Kier alpha value is -3.66. The predicted molar refractivity (Wildman–Crippen MR) is 127 cm³/mol. The van der Waals surface area contributed by atoms with Gasteiger partial charge in [-0.05, 0) is 68.0 Å². The van der Waals surface area contributed by atoms with E-state index in [1.54, 1.807) is 16.7 Å². The van der Waals surface area contributed by atoms with Crippen LogP contribution in [0.5, 0.6) is 11.5 Å². The molecule has 0 aliphatic heterocycles. The lowest BCUT2D eigenvalue weighted by atomic mass is 10.2. The van der Waals surface area contributed by atoms with Gasteiger partial charge in [0.1, 0.15) is 11.5 Å². The number of aromatic hydroxyl groups is 1. The quantitative estimate of drug-likeness (QED) is 0.253. The van der Waals surface area contributed by atoms with Crippen LogP contribution in [-0.4, -0.2) is 51.4 Å². The van der Waals surface area contributed by atoms with Gasteiger partial charge < -0.3 is 20.5 Å². The van der Waals surface area contributed by atoms with Crippen molar-refractivity contribution in [3.8, 4) is 22.9 Å². The molecular formula is C23H27N5O4S. The predicted octanol–water partition coefficient (Wildman–Crippen LogP) is 3.04. The van der Waals surface area contributed by atoms with E-state index < -0.39 is 0 Å². The molecule has 2 amide bonds. The van der Waals surface area contributed by atoms with Gasteiger partial charge in [-0.3, -0.25) is 19.3 Å². The molecule has 0 bridgehead atoms. The van der Waals surface area contributed by atoms with Crippen molar-refractivity contribution in [1.29, 1.82) is 0 Å². The van der Waals surface area contributed by atoms with Gasteiger partial charge in [0.05, 0.1) is 6.61 Å². The van der Waals surface area contributed by atoms with E-state index in [2.05, 4.69) is 20.8 Å². The lowest BCUT2D eigenvalue weighted by molar-refractivity contribution is -0.121. The summed E-state index contributed by atoms with van der Waals surface area (Å²) in [5, 5.41) is 22.1. The molecule has 1 aromatic heterocycles. The normalized spacial score (nSPS) is 10.6. The highest BCUT2D eigenvalue weighted by Crippen LogP contribution is 2.21. The molecule has 0 saturated carbocycles. The van der Waals surface area contributed by atoms with Crippen LogP contribution in [0.25, 0.3) is 11.4 Å². The second-order valence-corrected chi connectivity index (χ2v) is 7.61. The maximum atomic E-state index is 12.2. The van der Waals surface area contributed by atoms with E-state index in [0.29, 0.717) is 48.8 Å². The fourth-order valence-corrected chi connectivity index (χ4v) is 3.40. The number of aromatic nitrogens is 3. The third-order valence-electron chi connectivity index (χ3n) is 4.81. The van der Waals surface area contributed by atoms with Gasteiger partial charge in [-0.15, -0.1) is 0 Å². The summed E-state index contributed by atoms with van der Waals surface area (Å²) in [6.07, 6.45) is 0.826. The van der Waals surface area contributed by atoms with E-state index in [1.807, 2.05) is 31.2 Å². The summed E-state index contributed by atoms with van der Waals surface area (Å²) in [6.45, 7) is 3.75. The maximum Gasteiger partial charge on any atom is 0.251 e. The molecule has 3 rings (SSSR count). The van der Waals surface area contributed by atoms with Crippen LogP contribution in [0.1, 0.15) is 30.1 Å². The van der Waals surface area contributed by atoms with Crippen molar-refractivity contribution in [3.05, 3.63) is 58.9 Å². The molecule has 0 aliphatic carbocycles. The highest BCUT2D eigenvalue weighted by molar-refractivity contribution is 7.71. The third kappa shape index (κ3) is 6.91. The zero-order valence-corrected chi connectivity index (χ0v) is 19.2. The van der Waals surface area contributed by atoms with Crippen LogP contribution in [0, 0.1) is 4.77 Å². The van der Waals surface area contributed by atoms with Gasteiger partial charge in [0.15, 0.2) is 10.6 Å². The van der Waals surface area contributed by atoms with Crippen molar-refractivity contribution in [2.24, 2.45) is 0 Å². The van der Waals surface area contributed by atoms with Gasteiger partial charge in [-0.25, -0.2) is 0 Å². The van der Waals surface area contributed by atoms with Crippen molar-refractivity contribution in [2.75, 3.05) is 19.7 Å². The van der Waals surface area contributed by atoms with Crippen LogP contribution in [0.3, 0.4) is 0 Å². The highest BCUT2D eigenvalue weighted by Gasteiger charge is 2.11. The molecule has 0 saturated heterocycles. The Bertz CT molecular complexity index is 1140. The molecule has 33 heavy (non-hydrogen) atoms. The Balaban J connectivity index is 1.42. The number of phenolic OH excluding ortho intramolecular Hbond substituents is 1. The highest BCUT2D eigenvalue weighted by atomic mass is 32.1. The lowest BCUT2D eigenvalue weighted by Gasteiger charge is -2.09. The van der Waals surface area contributed by atoms with Crippen LogP contribution in [0.2, 0.25) is 0 Å². The first kappa shape index (κ1) is 24.0. The van der Waals surface area contributed by atoms with Crippen molar-refractivity contribution < 1.29 is 19.4 Å². The second kappa shape index (κ2) is 11.8. The number of nitrogens with zero attached hydrogens (tertiary/aromatic N) is 2. The van der Waals surface area contributed by atoms with Crippen molar-refractivity contribution in [2.45, 2.75) is 26.3 Å². The monoisotopic (exact) mass is 469 g/mol. The molecule has 2 aromatic carbocycles. The van der Waals surface area contributed by atoms with Crippen LogP contribution in [-0.2, 0) is 11.3 Å². The number of aromatic amines is 1. The smallest absolute Gasteiger partial charge is 0.251 e. The number of hydrogen-bond acceptors (Lipinski definition) is 6. The maximum absolute atomic E-state index is 12.2. The number of carbonyl (C=O) groups is 2. The molecule has 10 heteroatoms. The molecule has 0 unspecified atom stereocenters. The fraction of sp³-hybridized carbons (Fsp3) is 0.304. The van der Waals surface area contributed by atoms with Crippen LogP contribution >= 0.6 is 12.2 Å². The number of H-pyrrole nitrogens is 1. The molecule has 9 nitrogen and oxygen atoms in total. The van der Waals surface area contributed by atoms with Gasteiger partial charge in [0, 0.05) is 37.2 Å². The number of ether oxygens (including phenoxy) is 1. The fourth-order valence-electron chi connectivity index (χ4n) is 3.18. The Morgan fingerprint density at radius 1 is 1.15 bits per heavy atom. The first-order valence-corrected chi connectivity index (χ1v) is 11.1. The van der Waals surface area contributed by atoms with Crippen molar-refractivity contribution in [3.63, 3.8) is 0 Å². The standard InChI is InChI=1S/C23H27N5O4S/c1-2-32-19-9-7-16(8-10-19)21-26-27-23(33)28(21)14-11-20(30)24-12-4-13-25-22(31)17-5-3-6-18(29)15-17/h3,5-10,15,29H,2,4,11-14H2,1H3,(H,24,30)(H,25,31)(H,27,33). The largest absolute Gasteiger partial charge is 0.508 e. The molecular weight excluding hydrogens is 442 g/mol.